The maximum Gasteiger partial charge on any atom is 0.284 e. The average molecular weight is 377 g/mol. The van der Waals surface area contributed by atoms with Gasteiger partial charge < -0.3 is 9.64 Å². The van der Waals surface area contributed by atoms with E-state index < -0.39 is 0 Å². The third-order valence-corrected chi connectivity index (χ3v) is 4.81. The van der Waals surface area contributed by atoms with Gasteiger partial charge in [0.25, 0.3) is 5.91 Å². The molecule has 0 fully saturated rings. The Labute approximate surface area is 166 Å². The Bertz CT molecular complexity index is 899. The van der Waals surface area contributed by atoms with E-state index >= 15 is 0 Å². The normalized spacial score (nSPS) is 15.1. The summed E-state index contributed by atoms with van der Waals surface area (Å²) in [5, 5.41) is 5.81. The number of aryl methyl sites for hydroxylation is 1. The van der Waals surface area contributed by atoms with Gasteiger partial charge in [-0.1, -0.05) is 24.3 Å². The van der Waals surface area contributed by atoms with Crippen LogP contribution in [0.1, 0.15) is 31.9 Å². The number of benzene rings is 2. The Morgan fingerprint density at radius 1 is 1.07 bits per heavy atom. The lowest BCUT2D eigenvalue weighted by atomic mass is 10.0. The highest BCUT2D eigenvalue weighted by molar-refractivity contribution is 6.30. The third kappa shape index (κ3) is 3.93. The van der Waals surface area contributed by atoms with E-state index in [1.54, 1.807) is 0 Å². The highest BCUT2D eigenvalue weighted by Crippen LogP contribution is 2.27. The highest BCUT2D eigenvalue weighted by atomic mass is 16.5. The third-order valence-electron chi connectivity index (χ3n) is 4.81. The molecule has 5 nitrogen and oxygen atoms in total. The highest BCUT2D eigenvalue weighted by Gasteiger charge is 2.32. The fraction of sp³-hybridized carbons (Fsp3) is 0.304. The number of anilines is 2. The molecule has 0 saturated carbocycles. The Hall–Kier alpha value is -3.08. The van der Waals surface area contributed by atoms with E-state index in [2.05, 4.69) is 49.0 Å². The van der Waals surface area contributed by atoms with Crippen LogP contribution in [0.15, 0.2) is 59.2 Å². The van der Waals surface area contributed by atoms with Gasteiger partial charge in [0, 0.05) is 18.8 Å². The lowest BCUT2D eigenvalue weighted by Crippen LogP contribution is -2.22. The summed E-state index contributed by atoms with van der Waals surface area (Å²) < 4.78 is 5.66. The van der Waals surface area contributed by atoms with Gasteiger partial charge in [-0.15, -0.1) is 5.10 Å². The van der Waals surface area contributed by atoms with E-state index in [9.17, 15) is 4.79 Å². The summed E-state index contributed by atoms with van der Waals surface area (Å²) >= 11 is 0. The Kier molecular flexibility index (Phi) is 6.14. The van der Waals surface area contributed by atoms with Gasteiger partial charge in [-0.3, -0.25) is 4.79 Å². The molecule has 3 rings (SSSR count). The standard InChI is InChI=1S/C23H27N3O2/c1-5-25(6-2)20-14-13-18(17(4)15-20)16-21-22(28-7-3)24-26(23(21)27)19-11-9-8-10-12-19/h8-16H,5-7H2,1-4H3/b21-16-. The fourth-order valence-electron chi connectivity index (χ4n) is 3.27. The number of carbonyl (C=O) groups is 1. The van der Waals surface area contributed by atoms with E-state index in [-0.39, 0.29) is 5.91 Å². The number of ether oxygens (including phenoxy) is 1. The summed E-state index contributed by atoms with van der Waals surface area (Å²) in [7, 11) is 0. The number of carbonyl (C=O) groups excluding carboxylic acids is 1. The minimum absolute atomic E-state index is 0.179. The number of hydrogen-bond acceptors (Lipinski definition) is 4. The van der Waals surface area contributed by atoms with Gasteiger partial charge in [0.15, 0.2) is 0 Å². The van der Waals surface area contributed by atoms with Gasteiger partial charge in [-0.2, -0.15) is 5.01 Å². The molecule has 0 atom stereocenters. The van der Waals surface area contributed by atoms with Crippen LogP contribution in [0.5, 0.6) is 0 Å². The van der Waals surface area contributed by atoms with Crippen LogP contribution in [0.25, 0.3) is 6.08 Å². The summed E-state index contributed by atoms with van der Waals surface area (Å²) in [5.74, 6) is 0.186. The average Bonchev–Trinajstić information content (AvgIpc) is 3.01. The first-order chi connectivity index (χ1) is 13.6. The van der Waals surface area contributed by atoms with Crippen LogP contribution < -0.4 is 9.91 Å². The Morgan fingerprint density at radius 3 is 2.39 bits per heavy atom. The van der Waals surface area contributed by atoms with Crippen molar-refractivity contribution in [2.45, 2.75) is 27.7 Å². The number of rotatable bonds is 6. The molecule has 1 aliphatic rings. The molecule has 0 bridgehead atoms. The molecule has 0 saturated heterocycles. The van der Waals surface area contributed by atoms with Gasteiger partial charge >= 0.3 is 0 Å². The van der Waals surface area contributed by atoms with Crippen LogP contribution in [0.2, 0.25) is 0 Å². The van der Waals surface area contributed by atoms with Crippen LogP contribution in [0.3, 0.4) is 0 Å². The first kappa shape index (κ1) is 19.7. The summed E-state index contributed by atoms with van der Waals surface area (Å²) in [4.78, 5) is 15.3. The zero-order valence-electron chi connectivity index (χ0n) is 17.0. The molecule has 2 aromatic rings. The molecule has 0 unspecified atom stereocenters. The van der Waals surface area contributed by atoms with Gasteiger partial charge in [0.1, 0.15) is 5.57 Å². The van der Waals surface area contributed by atoms with Gasteiger partial charge in [0.05, 0.1) is 12.3 Å². The minimum Gasteiger partial charge on any atom is -0.476 e. The van der Waals surface area contributed by atoms with Crippen molar-refractivity contribution in [2.24, 2.45) is 5.10 Å². The van der Waals surface area contributed by atoms with Crippen molar-refractivity contribution in [3.05, 3.63) is 65.2 Å². The zero-order valence-corrected chi connectivity index (χ0v) is 17.0. The van der Waals surface area contributed by atoms with Crippen molar-refractivity contribution >= 4 is 29.3 Å². The zero-order chi connectivity index (χ0) is 20.1. The molecular weight excluding hydrogens is 350 g/mol. The molecule has 2 aromatic carbocycles. The monoisotopic (exact) mass is 377 g/mol. The SMILES string of the molecule is CCOC1=NN(c2ccccc2)C(=O)/C1=C\c1ccc(N(CC)CC)cc1C. The molecule has 5 heteroatoms. The number of hydrazone groups is 1. The van der Waals surface area contributed by atoms with Crippen LogP contribution in [-0.4, -0.2) is 31.5 Å². The molecule has 1 heterocycles. The molecular formula is C23H27N3O2. The predicted molar refractivity (Wildman–Crippen MR) is 116 cm³/mol. The second-order valence-corrected chi connectivity index (χ2v) is 6.56. The number of para-hydroxylation sites is 1. The number of hydrogen-bond donors (Lipinski definition) is 0. The number of nitrogens with zero attached hydrogens (tertiary/aromatic N) is 3. The van der Waals surface area contributed by atoms with E-state index in [4.69, 9.17) is 4.74 Å². The van der Waals surface area contributed by atoms with Crippen molar-refractivity contribution in [3.63, 3.8) is 0 Å². The first-order valence-electron chi connectivity index (χ1n) is 9.77. The topological polar surface area (TPSA) is 45.1 Å². The summed E-state index contributed by atoms with van der Waals surface area (Å²) in [6.45, 7) is 10.6. The smallest absolute Gasteiger partial charge is 0.284 e. The summed E-state index contributed by atoms with van der Waals surface area (Å²) in [6.07, 6.45) is 1.88. The van der Waals surface area contributed by atoms with Gasteiger partial charge in [-0.05, 0) is 69.2 Å². The van der Waals surface area contributed by atoms with Crippen molar-refractivity contribution in [1.82, 2.24) is 0 Å². The Balaban J connectivity index is 1.96. The molecule has 28 heavy (non-hydrogen) atoms. The molecule has 0 aliphatic carbocycles. The van der Waals surface area contributed by atoms with Crippen molar-refractivity contribution < 1.29 is 9.53 Å². The van der Waals surface area contributed by atoms with E-state index in [0.717, 1.165) is 29.9 Å². The van der Waals surface area contributed by atoms with Gasteiger partial charge in [-0.25, -0.2) is 0 Å². The second kappa shape index (κ2) is 8.74. The van der Waals surface area contributed by atoms with Crippen LogP contribution in [-0.2, 0) is 9.53 Å². The minimum atomic E-state index is -0.179. The largest absolute Gasteiger partial charge is 0.476 e. The van der Waals surface area contributed by atoms with E-state index in [1.807, 2.05) is 43.3 Å². The number of amides is 1. The summed E-state index contributed by atoms with van der Waals surface area (Å²) in [6, 6.07) is 15.7. The maximum absolute atomic E-state index is 13.0. The lowest BCUT2D eigenvalue weighted by molar-refractivity contribution is -0.114. The van der Waals surface area contributed by atoms with E-state index in [0.29, 0.717) is 18.1 Å². The molecule has 0 spiro atoms. The van der Waals surface area contributed by atoms with Crippen LogP contribution in [0.4, 0.5) is 11.4 Å². The molecule has 0 aromatic heterocycles. The maximum atomic E-state index is 13.0. The molecule has 0 radical (unpaired) electrons. The summed E-state index contributed by atoms with van der Waals surface area (Å²) in [5.41, 5.74) is 4.48. The molecule has 0 N–H and O–H groups in total. The fourth-order valence-corrected chi connectivity index (χ4v) is 3.27. The van der Waals surface area contributed by atoms with E-state index in [1.165, 1.54) is 10.7 Å². The quantitative estimate of drug-likeness (QED) is 0.690. The molecule has 146 valence electrons. The first-order valence-corrected chi connectivity index (χ1v) is 9.77. The Morgan fingerprint density at radius 2 is 1.79 bits per heavy atom. The van der Waals surface area contributed by atoms with Crippen LogP contribution >= 0.6 is 0 Å². The molecule has 1 amide bonds. The lowest BCUT2D eigenvalue weighted by Gasteiger charge is -2.22. The predicted octanol–water partition coefficient (Wildman–Crippen LogP) is 4.62. The molecule has 1 aliphatic heterocycles. The van der Waals surface area contributed by atoms with Crippen molar-refractivity contribution in [1.29, 1.82) is 0 Å². The van der Waals surface area contributed by atoms with Crippen LogP contribution in [0, 0.1) is 6.92 Å². The van der Waals surface area contributed by atoms with Crippen molar-refractivity contribution in [3.8, 4) is 0 Å². The van der Waals surface area contributed by atoms with Gasteiger partial charge in [0.2, 0.25) is 5.90 Å². The second-order valence-electron chi connectivity index (χ2n) is 6.56. The van der Waals surface area contributed by atoms with Crippen molar-refractivity contribution in [2.75, 3.05) is 29.6 Å².